The van der Waals surface area contributed by atoms with Gasteiger partial charge in [0, 0.05) is 4.88 Å². The summed E-state index contributed by atoms with van der Waals surface area (Å²) in [5.41, 5.74) is 1.12. The Morgan fingerprint density at radius 1 is 1.17 bits per heavy atom. The van der Waals surface area contributed by atoms with Crippen molar-refractivity contribution < 1.29 is 9.13 Å². The first-order valence-corrected chi connectivity index (χ1v) is 11.4. The Kier molecular flexibility index (Phi) is 5.26. The molecule has 0 saturated heterocycles. The Bertz CT molecular complexity index is 1270. The minimum absolute atomic E-state index is 0.0658. The number of aromatic amines is 2. The van der Waals surface area contributed by atoms with Crippen LogP contribution in [0.4, 0.5) is 4.39 Å². The summed E-state index contributed by atoms with van der Waals surface area (Å²) < 4.78 is 19.0. The maximum Gasteiger partial charge on any atom is 0.259 e. The van der Waals surface area contributed by atoms with Crippen LogP contribution in [-0.4, -0.2) is 25.1 Å². The van der Waals surface area contributed by atoms with Crippen LogP contribution in [0.5, 0.6) is 5.75 Å². The fraction of sp³-hybridized carbons (Fsp3) is 0.300. The number of nitrogens with zero attached hydrogens (tertiary/aromatic N) is 3. The fourth-order valence-electron chi connectivity index (χ4n) is 3.52. The molecule has 0 aliphatic heterocycles. The number of thioether (sulfide) groups is 1. The summed E-state index contributed by atoms with van der Waals surface area (Å²) in [5, 5.41) is 8.19. The molecule has 7 nitrogen and oxygen atoms in total. The van der Waals surface area contributed by atoms with Crippen molar-refractivity contribution in [2.75, 3.05) is 0 Å². The normalized spacial score (nSPS) is 13.5. The summed E-state index contributed by atoms with van der Waals surface area (Å²) in [5.74, 6) is 1.27. The Hall–Kier alpha value is -2.72. The summed E-state index contributed by atoms with van der Waals surface area (Å²) in [4.78, 5) is 26.6. The van der Waals surface area contributed by atoms with Crippen molar-refractivity contribution in [1.82, 2.24) is 25.1 Å². The predicted molar refractivity (Wildman–Crippen MR) is 114 cm³/mol. The van der Waals surface area contributed by atoms with Crippen LogP contribution in [0, 0.1) is 5.82 Å². The summed E-state index contributed by atoms with van der Waals surface area (Å²) in [7, 11) is 0. The van der Waals surface area contributed by atoms with Gasteiger partial charge in [0.15, 0.2) is 17.4 Å². The molecule has 1 aromatic carbocycles. The van der Waals surface area contributed by atoms with Gasteiger partial charge in [0.2, 0.25) is 5.16 Å². The summed E-state index contributed by atoms with van der Waals surface area (Å²) >= 11 is 2.99. The molecule has 5 rings (SSSR count). The molecular formula is C20H18FN5O2S2. The van der Waals surface area contributed by atoms with Crippen LogP contribution in [0.1, 0.15) is 34.9 Å². The van der Waals surface area contributed by atoms with E-state index in [-0.39, 0.29) is 17.9 Å². The monoisotopic (exact) mass is 443 g/mol. The van der Waals surface area contributed by atoms with Gasteiger partial charge >= 0.3 is 0 Å². The number of aryl methyl sites for hydroxylation is 2. The van der Waals surface area contributed by atoms with Crippen molar-refractivity contribution >= 4 is 33.3 Å². The van der Waals surface area contributed by atoms with Crippen LogP contribution in [0.15, 0.2) is 34.2 Å². The van der Waals surface area contributed by atoms with Crippen molar-refractivity contribution in [3.8, 4) is 5.75 Å². The molecule has 0 bridgehead atoms. The van der Waals surface area contributed by atoms with E-state index in [1.807, 2.05) is 0 Å². The molecule has 2 N–H and O–H groups in total. The molecule has 0 amide bonds. The summed E-state index contributed by atoms with van der Waals surface area (Å²) in [6, 6.07) is 6.20. The van der Waals surface area contributed by atoms with Gasteiger partial charge in [-0.3, -0.25) is 9.89 Å². The number of para-hydroxylation sites is 1. The largest absolute Gasteiger partial charge is 0.483 e. The molecule has 154 valence electrons. The first kappa shape index (κ1) is 19.3. The Labute approximate surface area is 179 Å². The smallest absolute Gasteiger partial charge is 0.259 e. The molecule has 4 aromatic rings. The van der Waals surface area contributed by atoms with Gasteiger partial charge in [0.1, 0.15) is 17.3 Å². The van der Waals surface area contributed by atoms with Crippen LogP contribution in [0.3, 0.4) is 0 Å². The van der Waals surface area contributed by atoms with E-state index in [4.69, 9.17) is 4.74 Å². The van der Waals surface area contributed by atoms with Gasteiger partial charge in [-0.2, -0.15) is 0 Å². The van der Waals surface area contributed by atoms with Gasteiger partial charge in [-0.15, -0.1) is 16.4 Å². The Morgan fingerprint density at radius 3 is 2.93 bits per heavy atom. The summed E-state index contributed by atoms with van der Waals surface area (Å²) in [6.45, 7) is 0.0796. The zero-order valence-electron chi connectivity index (χ0n) is 15.9. The quantitative estimate of drug-likeness (QED) is 0.438. The lowest BCUT2D eigenvalue weighted by Crippen LogP contribution is -2.12. The number of hydrogen-bond donors (Lipinski definition) is 2. The van der Waals surface area contributed by atoms with E-state index in [0.717, 1.165) is 29.5 Å². The molecule has 30 heavy (non-hydrogen) atoms. The van der Waals surface area contributed by atoms with E-state index in [9.17, 15) is 9.18 Å². The lowest BCUT2D eigenvalue weighted by molar-refractivity contribution is 0.281. The van der Waals surface area contributed by atoms with Crippen LogP contribution in [0.2, 0.25) is 0 Å². The zero-order chi connectivity index (χ0) is 20.5. The van der Waals surface area contributed by atoms with E-state index in [0.29, 0.717) is 22.6 Å². The van der Waals surface area contributed by atoms with Crippen LogP contribution >= 0.6 is 23.1 Å². The SMILES string of the molecule is O=c1[nH]c(CSc2n[nH]c(COc3ccccc3F)n2)nc2sc3c(c12)CCCC3. The van der Waals surface area contributed by atoms with E-state index in [1.54, 1.807) is 29.5 Å². The molecule has 3 aromatic heterocycles. The second-order valence-corrected chi connectivity index (χ2v) is 9.00. The number of halogens is 1. The predicted octanol–water partition coefficient (Wildman–Crippen LogP) is 3.99. The number of benzene rings is 1. The molecule has 0 atom stereocenters. The molecule has 0 spiro atoms. The topological polar surface area (TPSA) is 96.5 Å². The second-order valence-electron chi connectivity index (χ2n) is 6.98. The van der Waals surface area contributed by atoms with Gasteiger partial charge in [-0.05, 0) is 43.4 Å². The number of thiophene rings is 1. The van der Waals surface area contributed by atoms with Crippen LogP contribution < -0.4 is 10.3 Å². The van der Waals surface area contributed by atoms with Crippen molar-refractivity contribution in [2.45, 2.75) is 43.2 Å². The molecule has 0 fully saturated rings. The lowest BCUT2D eigenvalue weighted by atomic mass is 9.97. The maximum atomic E-state index is 13.6. The maximum absolute atomic E-state index is 13.6. The number of fused-ring (bicyclic) bond motifs is 3. The molecule has 0 saturated carbocycles. The average molecular weight is 444 g/mol. The molecule has 1 aliphatic carbocycles. The molecule has 0 radical (unpaired) electrons. The fourth-order valence-corrected chi connectivity index (χ4v) is 5.49. The van der Waals surface area contributed by atoms with Crippen molar-refractivity contribution in [3.05, 3.63) is 62.5 Å². The van der Waals surface area contributed by atoms with Gasteiger partial charge in [0.05, 0.1) is 11.1 Å². The van der Waals surface area contributed by atoms with Crippen LogP contribution in [0.25, 0.3) is 10.2 Å². The zero-order valence-corrected chi connectivity index (χ0v) is 17.5. The third-order valence-electron chi connectivity index (χ3n) is 4.92. The van der Waals surface area contributed by atoms with Crippen molar-refractivity contribution in [3.63, 3.8) is 0 Å². The number of nitrogens with one attached hydrogen (secondary N) is 2. The highest BCUT2D eigenvalue weighted by molar-refractivity contribution is 7.98. The highest BCUT2D eigenvalue weighted by atomic mass is 32.2. The molecule has 3 heterocycles. The van der Waals surface area contributed by atoms with E-state index in [2.05, 4.69) is 25.1 Å². The number of H-pyrrole nitrogens is 2. The highest BCUT2D eigenvalue weighted by Crippen LogP contribution is 2.33. The number of rotatable bonds is 6. The van der Waals surface area contributed by atoms with E-state index >= 15 is 0 Å². The van der Waals surface area contributed by atoms with Gasteiger partial charge in [-0.1, -0.05) is 23.9 Å². The minimum Gasteiger partial charge on any atom is -0.483 e. The van der Waals surface area contributed by atoms with Gasteiger partial charge < -0.3 is 9.72 Å². The second kappa shape index (κ2) is 8.19. The third kappa shape index (κ3) is 3.84. The van der Waals surface area contributed by atoms with Gasteiger partial charge in [0.25, 0.3) is 5.56 Å². The number of hydrogen-bond acceptors (Lipinski definition) is 7. The first-order chi connectivity index (χ1) is 14.7. The van der Waals surface area contributed by atoms with Crippen LogP contribution in [-0.2, 0) is 25.2 Å². The highest BCUT2D eigenvalue weighted by Gasteiger charge is 2.20. The van der Waals surface area contributed by atoms with E-state index in [1.165, 1.54) is 34.7 Å². The number of aromatic nitrogens is 5. The average Bonchev–Trinajstić information content (AvgIpc) is 3.36. The lowest BCUT2D eigenvalue weighted by Gasteiger charge is -2.09. The van der Waals surface area contributed by atoms with Gasteiger partial charge in [-0.25, -0.2) is 14.4 Å². The minimum atomic E-state index is -0.424. The Balaban J connectivity index is 1.26. The molecule has 10 heteroatoms. The molecule has 0 unspecified atom stereocenters. The molecule has 1 aliphatic rings. The van der Waals surface area contributed by atoms with Crippen molar-refractivity contribution in [1.29, 1.82) is 0 Å². The van der Waals surface area contributed by atoms with Crippen molar-refractivity contribution in [2.24, 2.45) is 0 Å². The van der Waals surface area contributed by atoms with E-state index < -0.39 is 5.82 Å². The standard InChI is InChI=1S/C20H18FN5O2S2/c21-12-6-2-3-7-13(12)28-9-15-24-20(26-25-15)29-10-16-22-18(27)17-11-5-1-4-8-14(11)30-19(17)23-16/h2-3,6-7H,1,4-5,8-10H2,(H,22,23,27)(H,24,25,26). The molecular weight excluding hydrogens is 425 g/mol. The Morgan fingerprint density at radius 2 is 2.03 bits per heavy atom. The third-order valence-corrected chi connectivity index (χ3v) is 6.97. The summed E-state index contributed by atoms with van der Waals surface area (Å²) in [6.07, 6.45) is 4.30. The first-order valence-electron chi connectivity index (χ1n) is 9.62. The number of ether oxygens (including phenoxy) is 1.